The molecule has 0 spiro atoms. The lowest BCUT2D eigenvalue weighted by Gasteiger charge is -2.36. The fraction of sp³-hybridized carbons (Fsp3) is 0.538. The van der Waals surface area contributed by atoms with Crippen LogP contribution in [0.3, 0.4) is 0 Å². The zero-order chi connectivity index (χ0) is 26.2. The lowest BCUT2D eigenvalue weighted by molar-refractivity contribution is 0.568. The van der Waals surface area contributed by atoms with Crippen molar-refractivity contribution in [2.45, 2.75) is 91.9 Å². The molecule has 0 saturated heterocycles. The minimum absolute atomic E-state index is 0.0401. The Labute approximate surface area is 218 Å². The van der Waals surface area contributed by atoms with Crippen molar-refractivity contribution in [3.8, 4) is 0 Å². The van der Waals surface area contributed by atoms with Gasteiger partial charge in [-0.15, -0.1) is 0 Å². The summed E-state index contributed by atoms with van der Waals surface area (Å²) >= 11 is 13.5. The summed E-state index contributed by atoms with van der Waals surface area (Å²) in [5.41, 5.74) is 3.40. The van der Waals surface area contributed by atoms with E-state index in [-0.39, 0.29) is 22.6 Å². The van der Waals surface area contributed by atoms with E-state index in [0.717, 1.165) is 33.1 Å². The van der Waals surface area contributed by atoms with E-state index in [4.69, 9.17) is 22.5 Å². The van der Waals surface area contributed by atoms with Gasteiger partial charge >= 0.3 is 0 Å². The third-order valence-corrected chi connectivity index (χ3v) is 16.7. The van der Waals surface area contributed by atoms with Gasteiger partial charge in [0.1, 0.15) is 14.3 Å². The van der Waals surface area contributed by atoms with Crippen molar-refractivity contribution >= 4 is 65.5 Å². The molecule has 0 heterocycles. The van der Waals surface area contributed by atoms with Crippen molar-refractivity contribution in [3.63, 3.8) is 0 Å². The van der Waals surface area contributed by atoms with E-state index >= 15 is 0 Å². The van der Waals surface area contributed by atoms with Crippen LogP contribution in [0.15, 0.2) is 36.4 Å². The van der Waals surface area contributed by atoms with Crippen LogP contribution < -0.4 is 15.3 Å². The zero-order valence-corrected chi connectivity index (χ0v) is 26.3. The van der Waals surface area contributed by atoms with E-state index in [2.05, 4.69) is 0 Å². The molecular weight excluding hydrogens is 522 g/mol. The SMILES string of the molecule is Cc1ccc(N(c2ccc(C)cc2P(=O)(C(C)C)C(C)C)P(Cl)Cl)c(P(=O)(C(C)C)C(C)C)c1. The topological polar surface area (TPSA) is 37.4 Å². The van der Waals surface area contributed by atoms with Crippen LogP contribution in [0.4, 0.5) is 11.4 Å². The third kappa shape index (κ3) is 5.50. The molecule has 0 saturated carbocycles. The van der Waals surface area contributed by atoms with Crippen molar-refractivity contribution < 1.29 is 9.13 Å². The van der Waals surface area contributed by atoms with Crippen molar-refractivity contribution in [1.82, 2.24) is 0 Å². The monoisotopic (exact) mass is 561 g/mol. The molecule has 0 N–H and O–H groups in total. The Kier molecular flexibility index (Phi) is 10.0. The summed E-state index contributed by atoms with van der Waals surface area (Å²) in [7, 11) is -5.63. The molecule has 0 atom stereocenters. The second-order valence-electron chi connectivity index (χ2n) is 10.3. The molecule has 8 heteroatoms. The first-order valence-corrected chi connectivity index (χ1v) is 18.7. The number of hydrogen-bond donors (Lipinski definition) is 0. The van der Waals surface area contributed by atoms with E-state index in [1.165, 1.54) is 0 Å². The normalized spacial score (nSPS) is 13.1. The molecule has 190 valence electrons. The molecule has 2 rings (SSSR count). The van der Waals surface area contributed by atoms with Crippen LogP contribution in [0, 0.1) is 13.8 Å². The molecule has 0 fully saturated rings. The summed E-state index contributed by atoms with van der Waals surface area (Å²) in [5.74, 6) is 0. The minimum atomic E-state index is -2.82. The average molecular weight is 562 g/mol. The molecule has 34 heavy (non-hydrogen) atoms. The van der Waals surface area contributed by atoms with E-state index in [1.54, 1.807) is 0 Å². The van der Waals surface area contributed by atoms with E-state index in [9.17, 15) is 9.13 Å². The number of benzene rings is 2. The van der Waals surface area contributed by atoms with Gasteiger partial charge < -0.3 is 9.13 Å². The molecule has 0 bridgehead atoms. The maximum atomic E-state index is 14.5. The lowest BCUT2D eigenvalue weighted by atomic mass is 10.2. The molecule has 2 aromatic carbocycles. The molecule has 2 aromatic rings. The number of rotatable bonds is 9. The van der Waals surface area contributed by atoms with Gasteiger partial charge in [0.05, 0.1) is 11.4 Å². The second-order valence-corrected chi connectivity index (χ2v) is 21.5. The molecule has 0 aliphatic carbocycles. The standard InChI is InChI=1S/C26H40Cl2NO2P3/c1-17(2)33(30,18(3)4)25-15-21(9)11-13-23(25)29(32(27)28)24-14-12-22(10)16-26(24)34(31,19(5)6)20(7)8/h11-20H,1-10H3. The van der Waals surface area contributed by atoms with Crippen LogP contribution in [0.25, 0.3) is 0 Å². The first kappa shape index (κ1) is 29.9. The van der Waals surface area contributed by atoms with Gasteiger partial charge in [-0.05, 0) is 38.1 Å². The minimum Gasteiger partial charge on any atom is -0.318 e. The van der Waals surface area contributed by atoms with Gasteiger partial charge in [-0.3, -0.25) is 4.67 Å². The zero-order valence-electron chi connectivity index (χ0n) is 22.1. The highest BCUT2D eigenvalue weighted by Gasteiger charge is 2.40. The molecule has 0 aliphatic heterocycles. The van der Waals surface area contributed by atoms with Crippen LogP contribution in [0.2, 0.25) is 0 Å². The Morgan fingerprint density at radius 1 is 0.647 bits per heavy atom. The highest BCUT2D eigenvalue weighted by atomic mass is 35.9. The Balaban J connectivity index is 3.00. The lowest BCUT2D eigenvalue weighted by Crippen LogP contribution is -2.29. The van der Waals surface area contributed by atoms with E-state index in [0.29, 0.717) is 0 Å². The Bertz CT molecular complexity index is 1010. The maximum Gasteiger partial charge on any atom is 0.192 e. The predicted molar refractivity (Wildman–Crippen MR) is 158 cm³/mol. The Morgan fingerprint density at radius 3 is 1.18 bits per heavy atom. The molecular formula is C26H40Cl2NO2P3. The van der Waals surface area contributed by atoms with Gasteiger partial charge in [-0.2, -0.15) is 0 Å². The van der Waals surface area contributed by atoms with Gasteiger partial charge in [0.15, 0.2) is 6.78 Å². The van der Waals surface area contributed by atoms with Gasteiger partial charge in [0.25, 0.3) is 0 Å². The van der Waals surface area contributed by atoms with Gasteiger partial charge in [-0.1, -0.05) is 101 Å². The highest BCUT2D eigenvalue weighted by Crippen LogP contribution is 2.63. The van der Waals surface area contributed by atoms with Crippen LogP contribution >= 0.6 is 43.5 Å². The number of halogens is 2. The van der Waals surface area contributed by atoms with Crippen molar-refractivity contribution in [2.75, 3.05) is 4.67 Å². The average Bonchev–Trinajstić information content (AvgIpc) is 2.73. The first-order chi connectivity index (χ1) is 15.6. The highest BCUT2D eigenvalue weighted by molar-refractivity contribution is 8.05. The quantitative estimate of drug-likeness (QED) is 0.286. The van der Waals surface area contributed by atoms with Gasteiger partial charge in [0, 0.05) is 33.2 Å². The summed E-state index contributed by atoms with van der Waals surface area (Å²) < 4.78 is 31.0. The van der Waals surface area contributed by atoms with E-state index < -0.39 is 21.1 Å². The van der Waals surface area contributed by atoms with Crippen molar-refractivity contribution in [1.29, 1.82) is 0 Å². The number of anilines is 2. The molecule has 3 nitrogen and oxygen atoms in total. The fourth-order valence-corrected chi connectivity index (χ4v) is 13.1. The summed E-state index contributed by atoms with van der Waals surface area (Å²) in [6, 6.07) is 12.0. The van der Waals surface area contributed by atoms with Crippen LogP contribution in [0.1, 0.15) is 66.5 Å². The van der Waals surface area contributed by atoms with E-state index in [1.807, 2.05) is 110 Å². The molecule has 0 aliphatic rings. The van der Waals surface area contributed by atoms with Gasteiger partial charge in [0.2, 0.25) is 0 Å². The predicted octanol–water partition coefficient (Wildman–Crippen LogP) is 9.76. The van der Waals surface area contributed by atoms with Gasteiger partial charge in [-0.25, -0.2) is 0 Å². The summed E-state index contributed by atoms with van der Waals surface area (Å²) in [4.78, 5) is 0. The number of aryl methyl sites for hydroxylation is 2. The summed E-state index contributed by atoms with van der Waals surface area (Å²) in [5, 5.41) is 1.59. The van der Waals surface area contributed by atoms with Crippen LogP contribution in [0.5, 0.6) is 0 Å². The maximum absolute atomic E-state index is 14.5. The molecule has 0 radical (unpaired) electrons. The number of hydrogen-bond acceptors (Lipinski definition) is 3. The molecule has 0 unspecified atom stereocenters. The Hall–Kier alpha value is -0.290. The first-order valence-electron chi connectivity index (χ1n) is 11.9. The fourth-order valence-electron chi connectivity index (χ4n) is 4.78. The van der Waals surface area contributed by atoms with Crippen molar-refractivity contribution in [2.24, 2.45) is 0 Å². The smallest absolute Gasteiger partial charge is 0.192 e. The molecule has 0 aromatic heterocycles. The third-order valence-electron chi connectivity index (χ3n) is 6.69. The molecule has 0 amide bonds. The largest absolute Gasteiger partial charge is 0.318 e. The number of nitrogens with zero attached hydrogens (tertiary/aromatic N) is 1. The summed E-state index contributed by atoms with van der Waals surface area (Å²) in [6.45, 7) is 18.5. The van der Waals surface area contributed by atoms with Crippen molar-refractivity contribution in [3.05, 3.63) is 47.5 Å². The van der Waals surface area contributed by atoms with Crippen LogP contribution in [-0.2, 0) is 9.13 Å². The van der Waals surface area contributed by atoms with Crippen LogP contribution in [-0.4, -0.2) is 22.6 Å². The Morgan fingerprint density at radius 2 is 0.941 bits per heavy atom. The second kappa shape index (κ2) is 11.4. The summed E-state index contributed by atoms with van der Waals surface area (Å²) in [6.07, 6.45) is 0.